The van der Waals surface area contributed by atoms with E-state index in [1.165, 1.54) is 0 Å². The molecule has 1 aliphatic rings. The van der Waals surface area contributed by atoms with Crippen LogP contribution in [0, 0.1) is 5.41 Å². The maximum absolute atomic E-state index is 12.6. The molecule has 21 heavy (non-hydrogen) atoms. The van der Waals surface area contributed by atoms with E-state index in [0.717, 1.165) is 12.8 Å². The highest BCUT2D eigenvalue weighted by Crippen LogP contribution is 2.23. The Bertz CT molecular complexity index is 454. The molecular formula is C15H30N2O3S. The van der Waals surface area contributed by atoms with Crippen molar-refractivity contribution >= 4 is 15.7 Å². The predicted octanol–water partition coefficient (Wildman–Crippen LogP) is 1.57. The standard InChI is InChI=1S/C15H30N2O3S/c1-5-6-8-17(12-7-9-21(19,20)11-12)14(18)10-13(16)15(2,3)4/h12-13H,5-11,16H2,1-4H3. The summed E-state index contributed by atoms with van der Waals surface area (Å²) < 4.78 is 23.3. The van der Waals surface area contributed by atoms with Gasteiger partial charge in [-0.05, 0) is 18.3 Å². The van der Waals surface area contributed by atoms with Gasteiger partial charge in [0.05, 0.1) is 11.5 Å². The predicted molar refractivity (Wildman–Crippen MR) is 85.7 cm³/mol. The molecule has 0 bridgehead atoms. The van der Waals surface area contributed by atoms with Crippen LogP contribution >= 0.6 is 0 Å². The molecule has 1 aliphatic heterocycles. The molecule has 6 heteroatoms. The third-order valence-electron chi connectivity index (χ3n) is 4.23. The Labute approximate surface area is 129 Å². The lowest BCUT2D eigenvalue weighted by molar-refractivity contribution is -0.134. The number of rotatable bonds is 6. The lowest BCUT2D eigenvalue weighted by Crippen LogP contribution is -2.46. The van der Waals surface area contributed by atoms with Gasteiger partial charge < -0.3 is 10.6 Å². The highest BCUT2D eigenvalue weighted by Gasteiger charge is 2.35. The fourth-order valence-electron chi connectivity index (χ4n) is 2.47. The fourth-order valence-corrected chi connectivity index (χ4v) is 4.20. The van der Waals surface area contributed by atoms with Gasteiger partial charge in [-0.1, -0.05) is 34.1 Å². The summed E-state index contributed by atoms with van der Waals surface area (Å²) in [4.78, 5) is 14.3. The van der Waals surface area contributed by atoms with Crippen LogP contribution in [0.25, 0.3) is 0 Å². The maximum Gasteiger partial charge on any atom is 0.224 e. The van der Waals surface area contributed by atoms with Crippen LogP contribution in [-0.2, 0) is 14.6 Å². The lowest BCUT2D eigenvalue weighted by Gasteiger charge is -2.32. The number of carbonyl (C=O) groups is 1. The van der Waals surface area contributed by atoms with Gasteiger partial charge in [-0.2, -0.15) is 0 Å². The van der Waals surface area contributed by atoms with Gasteiger partial charge in [0.15, 0.2) is 9.84 Å². The molecule has 124 valence electrons. The van der Waals surface area contributed by atoms with Gasteiger partial charge in [0.1, 0.15) is 0 Å². The van der Waals surface area contributed by atoms with Crippen LogP contribution in [0.2, 0.25) is 0 Å². The highest BCUT2D eigenvalue weighted by molar-refractivity contribution is 7.91. The average Bonchev–Trinajstić information content (AvgIpc) is 2.68. The van der Waals surface area contributed by atoms with Crippen LogP contribution in [0.3, 0.4) is 0 Å². The first kappa shape index (κ1) is 18.4. The number of nitrogens with two attached hydrogens (primary N) is 1. The Morgan fingerprint density at radius 1 is 1.38 bits per heavy atom. The van der Waals surface area contributed by atoms with Crippen LogP contribution in [-0.4, -0.2) is 49.4 Å². The molecule has 0 spiro atoms. The van der Waals surface area contributed by atoms with Crippen molar-refractivity contribution in [1.82, 2.24) is 4.90 Å². The van der Waals surface area contributed by atoms with Gasteiger partial charge in [0, 0.05) is 25.0 Å². The summed E-state index contributed by atoms with van der Waals surface area (Å²) in [7, 11) is -2.98. The Morgan fingerprint density at radius 2 is 2.00 bits per heavy atom. The zero-order chi connectivity index (χ0) is 16.3. The van der Waals surface area contributed by atoms with Gasteiger partial charge in [-0.15, -0.1) is 0 Å². The summed E-state index contributed by atoms with van der Waals surface area (Å²) in [6.45, 7) is 8.74. The number of amides is 1. The molecule has 1 fully saturated rings. The van der Waals surface area contributed by atoms with Crippen LogP contribution < -0.4 is 5.73 Å². The maximum atomic E-state index is 12.6. The minimum absolute atomic E-state index is 0.00650. The van der Waals surface area contributed by atoms with Crippen molar-refractivity contribution in [2.75, 3.05) is 18.1 Å². The van der Waals surface area contributed by atoms with Crippen molar-refractivity contribution in [2.45, 2.75) is 65.5 Å². The summed E-state index contributed by atoms with van der Waals surface area (Å²) in [6.07, 6.45) is 2.72. The molecular weight excluding hydrogens is 288 g/mol. The molecule has 2 N–H and O–H groups in total. The van der Waals surface area contributed by atoms with E-state index in [0.29, 0.717) is 13.0 Å². The molecule has 1 rings (SSSR count). The summed E-state index contributed by atoms with van der Waals surface area (Å²) in [5.74, 6) is 0.291. The summed E-state index contributed by atoms with van der Waals surface area (Å²) >= 11 is 0. The fraction of sp³-hybridized carbons (Fsp3) is 0.933. The minimum Gasteiger partial charge on any atom is -0.339 e. The zero-order valence-corrected chi connectivity index (χ0v) is 14.6. The van der Waals surface area contributed by atoms with E-state index in [1.54, 1.807) is 4.90 Å². The van der Waals surface area contributed by atoms with E-state index in [2.05, 4.69) is 6.92 Å². The number of unbranched alkanes of at least 4 members (excludes halogenated alkanes) is 1. The summed E-state index contributed by atoms with van der Waals surface area (Å²) in [5, 5.41) is 0. The summed E-state index contributed by atoms with van der Waals surface area (Å²) in [5.41, 5.74) is 5.97. The normalized spacial score (nSPS) is 23.0. The second-order valence-corrected chi connectivity index (χ2v) is 9.40. The SMILES string of the molecule is CCCCN(C(=O)CC(N)C(C)(C)C)C1CCS(=O)(=O)C1. The largest absolute Gasteiger partial charge is 0.339 e. The van der Waals surface area contributed by atoms with Crippen LogP contribution in [0.4, 0.5) is 0 Å². The monoisotopic (exact) mass is 318 g/mol. The Balaban J connectivity index is 2.75. The van der Waals surface area contributed by atoms with E-state index in [1.807, 2.05) is 20.8 Å². The van der Waals surface area contributed by atoms with E-state index >= 15 is 0 Å². The van der Waals surface area contributed by atoms with Crippen LogP contribution in [0.15, 0.2) is 0 Å². The molecule has 1 amide bonds. The van der Waals surface area contributed by atoms with Crippen molar-refractivity contribution in [3.63, 3.8) is 0 Å². The molecule has 0 radical (unpaired) electrons. The quantitative estimate of drug-likeness (QED) is 0.806. The Morgan fingerprint density at radius 3 is 2.43 bits per heavy atom. The Kier molecular flexibility index (Phi) is 6.23. The first-order valence-electron chi connectivity index (χ1n) is 7.82. The number of hydrogen-bond donors (Lipinski definition) is 1. The van der Waals surface area contributed by atoms with E-state index in [-0.39, 0.29) is 41.3 Å². The van der Waals surface area contributed by atoms with Gasteiger partial charge >= 0.3 is 0 Å². The third-order valence-corrected chi connectivity index (χ3v) is 5.98. The molecule has 0 aromatic carbocycles. The van der Waals surface area contributed by atoms with E-state index < -0.39 is 9.84 Å². The number of hydrogen-bond acceptors (Lipinski definition) is 4. The lowest BCUT2D eigenvalue weighted by atomic mass is 9.85. The first-order chi connectivity index (χ1) is 9.57. The smallest absolute Gasteiger partial charge is 0.224 e. The van der Waals surface area contributed by atoms with Gasteiger partial charge in [0.2, 0.25) is 5.91 Å². The van der Waals surface area contributed by atoms with Crippen molar-refractivity contribution in [1.29, 1.82) is 0 Å². The van der Waals surface area contributed by atoms with Crippen LogP contribution in [0.1, 0.15) is 53.4 Å². The van der Waals surface area contributed by atoms with Gasteiger partial charge in [-0.3, -0.25) is 4.79 Å². The van der Waals surface area contributed by atoms with Crippen molar-refractivity contribution < 1.29 is 13.2 Å². The molecule has 2 unspecified atom stereocenters. The van der Waals surface area contributed by atoms with E-state index in [4.69, 9.17) is 5.73 Å². The number of carbonyl (C=O) groups excluding carboxylic acids is 1. The topological polar surface area (TPSA) is 80.5 Å². The minimum atomic E-state index is -2.98. The zero-order valence-electron chi connectivity index (χ0n) is 13.8. The number of sulfone groups is 1. The highest BCUT2D eigenvalue weighted by atomic mass is 32.2. The van der Waals surface area contributed by atoms with Gasteiger partial charge in [-0.25, -0.2) is 8.42 Å². The van der Waals surface area contributed by atoms with Crippen molar-refractivity contribution in [3.8, 4) is 0 Å². The molecule has 1 saturated heterocycles. The third kappa shape index (κ3) is 5.58. The average molecular weight is 318 g/mol. The molecule has 0 aromatic rings. The van der Waals surface area contributed by atoms with E-state index in [9.17, 15) is 13.2 Å². The molecule has 0 aliphatic carbocycles. The molecule has 0 saturated carbocycles. The second-order valence-electron chi connectivity index (χ2n) is 7.17. The molecule has 0 aromatic heterocycles. The number of nitrogens with zero attached hydrogens (tertiary/aromatic N) is 1. The second kappa shape index (κ2) is 7.09. The van der Waals surface area contributed by atoms with Crippen molar-refractivity contribution in [3.05, 3.63) is 0 Å². The molecule has 2 atom stereocenters. The summed E-state index contributed by atoms with van der Waals surface area (Å²) in [6, 6.07) is -0.381. The van der Waals surface area contributed by atoms with Crippen LogP contribution in [0.5, 0.6) is 0 Å². The first-order valence-corrected chi connectivity index (χ1v) is 9.64. The molecule has 1 heterocycles. The Hall–Kier alpha value is -0.620. The van der Waals surface area contributed by atoms with Crippen molar-refractivity contribution in [2.24, 2.45) is 11.1 Å². The van der Waals surface area contributed by atoms with Gasteiger partial charge in [0.25, 0.3) is 0 Å². The molecule has 5 nitrogen and oxygen atoms in total.